The van der Waals surface area contributed by atoms with Crippen LogP contribution in [0.25, 0.3) is 33.8 Å². The fraction of sp³-hybridized carbons (Fsp3) is 0.263. The monoisotopic (exact) mass is 1420 g/mol. The van der Waals surface area contributed by atoms with Crippen LogP contribution in [0.2, 0.25) is 0 Å². The van der Waals surface area contributed by atoms with E-state index in [4.69, 9.17) is 57.5 Å². The van der Waals surface area contributed by atoms with Gasteiger partial charge in [-0.1, -0.05) is 43.5 Å². The average Bonchev–Trinajstić information content (AvgIpc) is 1.20. The third-order valence-electron chi connectivity index (χ3n) is 19.3. The average molecular weight is 1430 g/mol. The topological polar surface area (TPSA) is 357 Å². The number of likely N-dealkylation sites (tertiary alicyclic amines) is 3. The Balaban J connectivity index is 0.000000150. The molecule has 1 saturated carbocycles. The summed E-state index contributed by atoms with van der Waals surface area (Å²) in [5.41, 5.74) is 29.0. The fourth-order valence-electron chi connectivity index (χ4n) is 13.8. The van der Waals surface area contributed by atoms with Crippen LogP contribution < -0.4 is 37.1 Å². The number of amides is 6. The minimum Gasteiger partial charge on any atom is -0.457 e. The Labute approximate surface area is 612 Å². The Hall–Kier alpha value is -12.9. The van der Waals surface area contributed by atoms with E-state index >= 15 is 0 Å². The van der Waals surface area contributed by atoms with Crippen LogP contribution in [0.4, 0.5) is 5.82 Å². The summed E-state index contributed by atoms with van der Waals surface area (Å²) < 4.78 is 28.1. The molecule has 3 aromatic heterocycles. The molecule has 5 fully saturated rings. The van der Waals surface area contributed by atoms with E-state index < -0.39 is 17.7 Å². The van der Waals surface area contributed by atoms with Gasteiger partial charge in [0.2, 0.25) is 17.7 Å². The van der Waals surface area contributed by atoms with E-state index in [1.54, 1.807) is 127 Å². The first-order valence-corrected chi connectivity index (χ1v) is 34.8. The lowest BCUT2D eigenvalue weighted by molar-refractivity contribution is -0.149. The van der Waals surface area contributed by atoms with Crippen LogP contribution in [0.15, 0.2) is 202 Å². The van der Waals surface area contributed by atoms with Crippen molar-refractivity contribution in [3.8, 4) is 80.4 Å². The first-order chi connectivity index (χ1) is 51.4. The number of primary amides is 3. The molecule has 2 atom stereocenters. The molecule has 14 rings (SSSR count). The van der Waals surface area contributed by atoms with Gasteiger partial charge in [0.1, 0.15) is 63.0 Å². The van der Waals surface area contributed by atoms with Gasteiger partial charge in [-0.05, 0) is 178 Å². The Kier molecular flexibility index (Phi) is 22.7. The lowest BCUT2D eigenvalue weighted by atomic mass is 9.60. The predicted octanol–water partition coefficient (Wildman–Crippen LogP) is 10.4. The highest BCUT2D eigenvalue weighted by atomic mass is 16.5. The summed E-state index contributed by atoms with van der Waals surface area (Å²) in [6.45, 7) is 15.0. The third kappa shape index (κ3) is 17.2. The van der Waals surface area contributed by atoms with Gasteiger partial charge in [-0.3, -0.25) is 43.0 Å². The van der Waals surface area contributed by atoms with Gasteiger partial charge >= 0.3 is 0 Å². The molecule has 0 radical (unpaired) electrons. The van der Waals surface area contributed by atoms with Crippen molar-refractivity contribution in [2.45, 2.75) is 56.7 Å². The second-order valence-corrected chi connectivity index (χ2v) is 26.5. The number of hydrogen-bond acceptors (Lipinski definition) is 17. The molecule has 540 valence electrons. The zero-order valence-corrected chi connectivity index (χ0v) is 58.3. The lowest BCUT2D eigenvalue weighted by Gasteiger charge is -2.58. The molecule has 0 unspecified atom stereocenters. The zero-order chi connectivity index (χ0) is 74.4. The normalized spacial score (nSPS) is 16.8. The molecule has 7 heterocycles. The number of nitrogens with zero attached hydrogens (tertiary/aromatic N) is 12. The summed E-state index contributed by atoms with van der Waals surface area (Å²) in [6, 6.07) is 49.0. The van der Waals surface area contributed by atoms with Crippen molar-refractivity contribution in [2.24, 2.45) is 22.6 Å². The van der Waals surface area contributed by atoms with E-state index in [0.29, 0.717) is 94.3 Å². The molecule has 106 heavy (non-hydrogen) atoms. The molecule has 8 N–H and O–H groups in total. The van der Waals surface area contributed by atoms with Crippen LogP contribution in [0, 0.1) is 28.1 Å². The maximum absolute atomic E-state index is 12.6. The number of piperidine rings is 2. The molecule has 4 saturated heterocycles. The van der Waals surface area contributed by atoms with Crippen LogP contribution in [0.5, 0.6) is 34.5 Å². The second-order valence-electron chi connectivity index (χ2n) is 26.5. The van der Waals surface area contributed by atoms with E-state index in [-0.39, 0.29) is 52.6 Å². The van der Waals surface area contributed by atoms with Crippen molar-refractivity contribution in [3.05, 3.63) is 229 Å². The number of carbonyl (C=O) groups excluding carboxylic acids is 6. The van der Waals surface area contributed by atoms with Crippen LogP contribution >= 0.6 is 0 Å². The number of rotatable bonds is 20. The number of carbonyl (C=O) groups is 6. The van der Waals surface area contributed by atoms with Crippen LogP contribution in [0.1, 0.15) is 98.9 Å². The summed E-state index contributed by atoms with van der Waals surface area (Å²) in [4.78, 5) is 80.9. The molecule has 1 aliphatic carbocycles. The summed E-state index contributed by atoms with van der Waals surface area (Å²) >= 11 is 0. The molecule has 0 bridgehead atoms. The van der Waals surface area contributed by atoms with Gasteiger partial charge in [0.25, 0.3) is 17.7 Å². The van der Waals surface area contributed by atoms with E-state index in [1.165, 1.54) is 12.2 Å². The summed E-state index contributed by atoms with van der Waals surface area (Å²) in [6.07, 6.45) is 14.6. The van der Waals surface area contributed by atoms with Crippen molar-refractivity contribution >= 4 is 41.3 Å². The molecule has 6 aromatic carbocycles. The third-order valence-corrected chi connectivity index (χ3v) is 19.3. The lowest BCUT2D eigenvalue weighted by Crippen LogP contribution is -2.63. The maximum Gasteiger partial charge on any atom is 0.254 e. The number of benzene rings is 6. The van der Waals surface area contributed by atoms with Crippen molar-refractivity contribution in [1.82, 2.24) is 48.9 Å². The van der Waals surface area contributed by atoms with E-state index in [9.17, 15) is 28.8 Å². The molecule has 5 aliphatic rings. The Morgan fingerprint density at radius 1 is 0.528 bits per heavy atom. The van der Waals surface area contributed by atoms with Crippen molar-refractivity contribution < 1.29 is 47.7 Å². The van der Waals surface area contributed by atoms with Crippen LogP contribution in [-0.2, 0) is 19.1 Å². The number of aromatic nitrogens is 6. The van der Waals surface area contributed by atoms with Crippen molar-refractivity contribution in [3.63, 3.8) is 0 Å². The maximum atomic E-state index is 12.6. The van der Waals surface area contributed by atoms with E-state index in [1.807, 2.05) is 77.7 Å². The molecule has 26 nitrogen and oxygen atoms in total. The van der Waals surface area contributed by atoms with Gasteiger partial charge < -0.3 is 56.6 Å². The van der Waals surface area contributed by atoms with E-state index in [2.05, 4.69) is 40.4 Å². The highest BCUT2D eigenvalue weighted by Crippen LogP contribution is 2.55. The van der Waals surface area contributed by atoms with Crippen LogP contribution in [0.3, 0.4) is 0 Å². The first-order valence-electron chi connectivity index (χ1n) is 34.8. The van der Waals surface area contributed by atoms with Crippen molar-refractivity contribution in [1.29, 1.82) is 10.5 Å². The molecule has 1 spiro atoms. The van der Waals surface area contributed by atoms with Gasteiger partial charge in [0.15, 0.2) is 0 Å². The Morgan fingerprint density at radius 3 is 1.46 bits per heavy atom. The summed E-state index contributed by atoms with van der Waals surface area (Å²) in [5.74, 6) is 2.13. The minimum atomic E-state index is -0.610. The first kappa shape index (κ1) is 72.9. The number of nitrogen functional groups attached to an aromatic ring is 1. The molecule has 6 amide bonds. The van der Waals surface area contributed by atoms with Gasteiger partial charge in [-0.2, -0.15) is 25.8 Å². The number of hydrogen-bond donors (Lipinski definition) is 4. The molecular formula is C80H80N16O10. The number of anilines is 1. The number of morpholine rings is 1. The molecular weight excluding hydrogens is 1340 g/mol. The quantitative estimate of drug-likeness (QED) is 0.0515. The van der Waals surface area contributed by atoms with Gasteiger partial charge in [0.05, 0.1) is 65.7 Å². The largest absolute Gasteiger partial charge is 0.457 e. The number of ether oxygens (including phenoxy) is 4. The van der Waals surface area contributed by atoms with Gasteiger partial charge in [0, 0.05) is 99.5 Å². The second kappa shape index (κ2) is 33.0. The summed E-state index contributed by atoms with van der Waals surface area (Å²) in [5, 5.41) is 32.0. The highest BCUT2D eigenvalue weighted by molar-refractivity contribution is 6.03. The molecule has 4 aliphatic heterocycles. The van der Waals surface area contributed by atoms with Gasteiger partial charge in [-0.25, -0.2) is 4.68 Å². The van der Waals surface area contributed by atoms with Crippen molar-refractivity contribution in [2.75, 3.05) is 77.9 Å². The smallest absolute Gasteiger partial charge is 0.254 e. The number of para-hydroxylation sites is 1. The number of nitriles is 2. The minimum absolute atomic E-state index is 0.0477. The standard InChI is InChI=1S/C30H34N6O4.2C25H23N5O3/c31-28-26(29(32)38)27(21-8-10-24(11-9-21)40-23-5-2-1-3-6-23)33-36(28)22-17-30(18-22)19-35(20-30)25(37)7-4-12-34-13-15-39-16-14-34;1-2-23(31)29-12-4-6-19(15-29)30-16-22(25(27)32)24(28-30)18-8-10-20(11-9-18)33-21-7-3-5-17(13-21)14-26;1-2-23(31)29-13-3-4-19(15-29)30-16-22(25(27)32)24(28-30)18-7-11-21(12-8-18)33-20-9-5-17(14-26)6-10-20/h1-11,22H,12-20,31H2,(H2,32,38);2-3,5,7-11,13,16,19H,1,4,6,12,15H2,(H2,27,32);2,5-12,16,19H,1,3-4,13,15H2,(H2,27,32)/b7-4+;;/t;2*19-/m.11/s1. The van der Waals surface area contributed by atoms with Gasteiger partial charge in [-0.15, -0.1) is 0 Å². The van der Waals surface area contributed by atoms with E-state index in [0.717, 1.165) is 107 Å². The predicted molar refractivity (Wildman–Crippen MR) is 396 cm³/mol. The summed E-state index contributed by atoms with van der Waals surface area (Å²) in [7, 11) is 0. The highest BCUT2D eigenvalue weighted by Gasteiger charge is 2.55. The molecule has 26 heteroatoms. The SMILES string of the molecule is C=CC(=O)N1CCC[C@@H](n2cc(C(N)=O)c(-c3ccc(Oc4ccc(C#N)cc4)cc3)n2)C1.C=CC(=O)N1CCC[C@@H](n2cc(C(N)=O)c(-c3ccc(Oc4cccc(C#N)c4)cc3)n2)C1.NC(=O)c1c(-c2ccc(Oc3ccccc3)cc2)nn(C2CC3(C2)CN(C(=O)/C=C/CN2CCOCC2)C3)c1N. The zero-order valence-electron chi connectivity index (χ0n) is 58.3. The fourth-order valence-corrected chi connectivity index (χ4v) is 13.8. The molecule has 9 aromatic rings. The van der Waals surface area contributed by atoms with Crippen LogP contribution in [-0.4, -0.2) is 157 Å². The Bertz CT molecular complexity index is 4820. The Morgan fingerprint density at radius 2 is 0.991 bits per heavy atom. The number of nitrogens with two attached hydrogens (primary N) is 4.